The maximum Gasteiger partial charge on any atom is 0.216 e. The van der Waals surface area contributed by atoms with Crippen LogP contribution in [0.4, 0.5) is 0 Å². The summed E-state index contributed by atoms with van der Waals surface area (Å²) in [7, 11) is 0. The van der Waals surface area contributed by atoms with Crippen LogP contribution in [0.2, 0.25) is 0 Å². The van der Waals surface area contributed by atoms with Crippen LogP contribution in [0.5, 0.6) is 0 Å². The van der Waals surface area contributed by atoms with Crippen molar-refractivity contribution in [2.24, 2.45) is 0 Å². The zero-order valence-corrected chi connectivity index (χ0v) is 14.4. The first-order chi connectivity index (χ1) is 9.21. The lowest BCUT2D eigenvalue weighted by Gasteiger charge is -2.21. The van der Waals surface area contributed by atoms with E-state index in [1.165, 1.54) is 0 Å². The molecule has 0 nitrogen and oxygen atoms in total. The fraction of sp³-hybridized carbons (Fsp3) is 0.143. The average molecular weight is 389 g/mol. The van der Waals surface area contributed by atoms with E-state index in [9.17, 15) is 0 Å². The van der Waals surface area contributed by atoms with Crippen molar-refractivity contribution < 1.29 is 0 Å². The molecule has 0 saturated heterocycles. The van der Waals surface area contributed by atoms with Gasteiger partial charge in [0.2, 0.25) is 7.59 Å². The lowest BCUT2D eigenvalue weighted by molar-refractivity contribution is 1.21. The van der Waals surface area contributed by atoms with Crippen molar-refractivity contribution in [3.63, 3.8) is 0 Å². The largest absolute Gasteiger partial charge is 0.216 e. The molecule has 106 valence electrons. The topological polar surface area (TPSA) is 0 Å². The molecule has 2 aromatic carbocycles. The van der Waals surface area contributed by atoms with Gasteiger partial charge in [-0.05, 0) is 11.1 Å². The molecule has 0 unspecified atom stereocenters. The highest BCUT2D eigenvalue weighted by atomic mass is 35.6. The minimum absolute atomic E-state index is 0.534. The summed E-state index contributed by atoms with van der Waals surface area (Å²) in [5, 5.41) is 0. The third-order valence-corrected chi connectivity index (χ3v) is 3.98. The number of alkyl halides is 6. The standard InChI is InChI=1S/C14H8Cl6/c15-13(16,17)11-7-3-1-5-9(11)10-6-2-4-8-12(10)14(18,19)20/h1-8H. The fourth-order valence-electron chi connectivity index (χ4n) is 1.93. The second-order valence-corrected chi connectivity index (χ2v) is 8.65. The minimum atomic E-state index is -1.56. The molecule has 0 heterocycles. The molecule has 0 N–H and O–H groups in total. The molecule has 0 aromatic heterocycles. The van der Waals surface area contributed by atoms with Gasteiger partial charge in [-0.15, -0.1) is 0 Å². The summed E-state index contributed by atoms with van der Waals surface area (Å²) in [6, 6.07) is 14.4. The molecule has 6 heteroatoms. The van der Waals surface area contributed by atoms with Gasteiger partial charge in [0.15, 0.2) is 0 Å². The Kier molecular flexibility index (Phi) is 5.07. The maximum absolute atomic E-state index is 6.01. The highest BCUT2D eigenvalue weighted by Gasteiger charge is 2.30. The molecular formula is C14H8Cl6. The number of halogens is 6. The predicted molar refractivity (Wildman–Crippen MR) is 90.4 cm³/mol. The van der Waals surface area contributed by atoms with Crippen molar-refractivity contribution in [1.29, 1.82) is 0 Å². The van der Waals surface area contributed by atoms with Gasteiger partial charge in [0.1, 0.15) is 0 Å². The summed E-state index contributed by atoms with van der Waals surface area (Å²) in [5.74, 6) is 0. The molecule has 2 rings (SSSR count). The summed E-state index contributed by atoms with van der Waals surface area (Å²) in [4.78, 5) is 0. The van der Waals surface area contributed by atoms with E-state index in [1.807, 2.05) is 24.3 Å². The van der Waals surface area contributed by atoms with E-state index in [0.717, 1.165) is 11.1 Å². The van der Waals surface area contributed by atoms with Gasteiger partial charge >= 0.3 is 0 Å². The van der Waals surface area contributed by atoms with Gasteiger partial charge in [0.25, 0.3) is 0 Å². The first kappa shape index (κ1) is 16.5. The van der Waals surface area contributed by atoms with Gasteiger partial charge in [-0.25, -0.2) is 0 Å². The third-order valence-electron chi connectivity index (χ3n) is 2.76. The molecule has 0 fully saturated rings. The molecule has 0 aliphatic carbocycles. The van der Waals surface area contributed by atoms with E-state index in [0.29, 0.717) is 11.1 Å². The van der Waals surface area contributed by atoms with Crippen molar-refractivity contribution in [3.05, 3.63) is 59.7 Å². The lowest BCUT2D eigenvalue weighted by atomic mass is 9.96. The van der Waals surface area contributed by atoms with Crippen LogP contribution < -0.4 is 0 Å². The monoisotopic (exact) mass is 386 g/mol. The summed E-state index contributed by atoms with van der Waals surface area (Å²) in [5.41, 5.74) is 2.50. The first-order valence-electron chi connectivity index (χ1n) is 5.54. The van der Waals surface area contributed by atoms with Crippen LogP contribution in [0.25, 0.3) is 11.1 Å². The number of hydrogen-bond acceptors (Lipinski definition) is 0. The third kappa shape index (κ3) is 3.68. The van der Waals surface area contributed by atoms with Crippen LogP contribution in [0.15, 0.2) is 48.5 Å². The predicted octanol–water partition coefficient (Wildman–Crippen LogP) is 7.01. The van der Waals surface area contributed by atoms with Gasteiger partial charge < -0.3 is 0 Å². The van der Waals surface area contributed by atoms with Gasteiger partial charge in [-0.1, -0.05) is 118 Å². The van der Waals surface area contributed by atoms with Crippen molar-refractivity contribution in [1.82, 2.24) is 0 Å². The Balaban J connectivity index is 2.71. The van der Waals surface area contributed by atoms with Gasteiger partial charge in [0.05, 0.1) is 0 Å². The average Bonchev–Trinajstić information content (AvgIpc) is 2.37. The Morgan fingerprint density at radius 2 is 0.800 bits per heavy atom. The Morgan fingerprint density at radius 3 is 1.10 bits per heavy atom. The van der Waals surface area contributed by atoms with Gasteiger partial charge in [-0.3, -0.25) is 0 Å². The zero-order valence-electron chi connectivity index (χ0n) is 9.89. The Bertz CT molecular complexity index is 554. The summed E-state index contributed by atoms with van der Waals surface area (Å²) in [6.07, 6.45) is 0. The summed E-state index contributed by atoms with van der Waals surface area (Å²) < 4.78 is -3.12. The van der Waals surface area contributed by atoms with Crippen molar-refractivity contribution >= 4 is 69.6 Å². The Labute approximate surface area is 147 Å². The number of hydrogen-bond donors (Lipinski definition) is 0. The molecule has 0 atom stereocenters. The molecule has 0 radical (unpaired) electrons. The highest BCUT2D eigenvalue weighted by molar-refractivity contribution is 6.67. The number of rotatable bonds is 1. The second kappa shape index (κ2) is 6.12. The SMILES string of the molecule is ClC(Cl)(Cl)c1ccccc1-c1ccccc1C(Cl)(Cl)Cl. The first-order valence-corrected chi connectivity index (χ1v) is 7.81. The van der Waals surface area contributed by atoms with E-state index in [-0.39, 0.29) is 0 Å². The molecule has 0 aliphatic heterocycles. The van der Waals surface area contributed by atoms with E-state index in [4.69, 9.17) is 69.6 Å². The molecular weight excluding hydrogens is 381 g/mol. The van der Waals surface area contributed by atoms with Crippen LogP contribution in [-0.4, -0.2) is 0 Å². The van der Waals surface area contributed by atoms with E-state index in [2.05, 4.69) is 0 Å². The molecule has 0 aliphatic rings. The molecule has 0 amide bonds. The van der Waals surface area contributed by atoms with Crippen molar-refractivity contribution in [3.8, 4) is 11.1 Å². The van der Waals surface area contributed by atoms with E-state index in [1.54, 1.807) is 24.3 Å². The molecule has 0 spiro atoms. The molecule has 2 aromatic rings. The fourth-order valence-corrected chi connectivity index (χ4v) is 2.92. The van der Waals surface area contributed by atoms with Crippen LogP contribution in [-0.2, 0) is 7.59 Å². The number of benzene rings is 2. The van der Waals surface area contributed by atoms with Crippen LogP contribution in [0.1, 0.15) is 11.1 Å². The molecule has 0 bridgehead atoms. The van der Waals surface area contributed by atoms with Gasteiger partial charge in [-0.2, -0.15) is 0 Å². The normalized spacial score (nSPS) is 12.5. The lowest BCUT2D eigenvalue weighted by Crippen LogP contribution is -2.07. The van der Waals surface area contributed by atoms with E-state index < -0.39 is 7.59 Å². The van der Waals surface area contributed by atoms with Crippen LogP contribution in [0, 0.1) is 0 Å². The smallest absolute Gasteiger partial charge is 0.0784 e. The van der Waals surface area contributed by atoms with E-state index >= 15 is 0 Å². The Morgan fingerprint density at radius 1 is 0.500 bits per heavy atom. The minimum Gasteiger partial charge on any atom is -0.0784 e. The molecule has 20 heavy (non-hydrogen) atoms. The highest BCUT2D eigenvalue weighted by Crippen LogP contribution is 2.47. The molecule has 0 saturated carbocycles. The van der Waals surface area contributed by atoms with Gasteiger partial charge in [0, 0.05) is 11.1 Å². The summed E-state index contributed by atoms with van der Waals surface area (Å²) >= 11 is 36.1. The quantitative estimate of drug-likeness (QED) is 0.461. The maximum atomic E-state index is 6.01. The van der Waals surface area contributed by atoms with Crippen molar-refractivity contribution in [2.45, 2.75) is 7.59 Å². The second-order valence-electron chi connectivity index (χ2n) is 4.09. The summed E-state index contributed by atoms with van der Waals surface area (Å²) in [6.45, 7) is 0. The van der Waals surface area contributed by atoms with Crippen LogP contribution >= 0.6 is 69.6 Å². The van der Waals surface area contributed by atoms with Crippen molar-refractivity contribution in [2.75, 3.05) is 0 Å². The van der Waals surface area contributed by atoms with Crippen LogP contribution in [0.3, 0.4) is 0 Å². The Hall–Kier alpha value is 0.180. The zero-order chi connectivity index (χ0) is 15.0.